The Bertz CT molecular complexity index is 782. The number of hydrogen-bond donors (Lipinski definition) is 2. The Labute approximate surface area is 115 Å². The van der Waals surface area contributed by atoms with Gasteiger partial charge in [0, 0.05) is 17.6 Å². The van der Waals surface area contributed by atoms with Crippen LogP contribution in [0.4, 0.5) is 5.82 Å². The van der Waals surface area contributed by atoms with Crippen LogP contribution in [0.25, 0.3) is 10.9 Å². The highest BCUT2D eigenvalue weighted by Crippen LogP contribution is 2.36. The molecule has 0 atom stereocenters. The van der Waals surface area contributed by atoms with Crippen molar-refractivity contribution >= 4 is 22.6 Å². The van der Waals surface area contributed by atoms with Crippen LogP contribution in [-0.2, 0) is 0 Å². The number of para-hydroxylation sites is 1. The van der Waals surface area contributed by atoms with E-state index in [2.05, 4.69) is 15.5 Å². The number of aromatic nitrogens is 3. The van der Waals surface area contributed by atoms with Gasteiger partial charge in [0.15, 0.2) is 5.82 Å². The second-order valence-corrected chi connectivity index (χ2v) is 5.10. The minimum Gasteiger partial charge on any atom is -0.340 e. The first-order valence-electron chi connectivity index (χ1n) is 6.74. The SMILES string of the molecule is O=C(Nc1n[nH]c2ccccc12)c1cccn1C1CC1. The van der Waals surface area contributed by atoms with Crippen molar-refractivity contribution in [2.24, 2.45) is 0 Å². The standard InChI is InChI=1S/C15H14N4O/c20-15(13-6-3-9-19(13)10-7-8-10)16-14-11-4-1-2-5-12(11)17-18-14/h1-6,9-10H,7-8H2,(H2,16,17,18,20). The third-order valence-corrected chi connectivity index (χ3v) is 3.65. The number of carbonyl (C=O) groups excluding carboxylic acids is 1. The molecule has 2 heterocycles. The predicted octanol–water partition coefficient (Wildman–Crippen LogP) is 2.95. The Balaban J connectivity index is 1.65. The lowest BCUT2D eigenvalue weighted by Gasteiger charge is -2.07. The third kappa shape index (κ3) is 1.79. The lowest BCUT2D eigenvalue weighted by molar-refractivity contribution is 0.101. The highest BCUT2D eigenvalue weighted by Gasteiger charge is 2.27. The van der Waals surface area contributed by atoms with Crippen LogP contribution in [0.2, 0.25) is 0 Å². The first-order valence-corrected chi connectivity index (χ1v) is 6.74. The number of nitrogens with zero attached hydrogens (tertiary/aromatic N) is 2. The van der Waals surface area contributed by atoms with Crippen molar-refractivity contribution in [1.29, 1.82) is 0 Å². The Hall–Kier alpha value is -2.56. The molecule has 3 aromatic rings. The molecule has 0 bridgehead atoms. The summed E-state index contributed by atoms with van der Waals surface area (Å²) in [7, 11) is 0. The number of anilines is 1. The molecular formula is C15H14N4O. The van der Waals surface area contributed by atoms with Crippen LogP contribution in [0.3, 0.4) is 0 Å². The maximum absolute atomic E-state index is 12.4. The first kappa shape index (κ1) is 11.3. The second kappa shape index (κ2) is 4.23. The molecule has 0 unspecified atom stereocenters. The van der Waals surface area contributed by atoms with Gasteiger partial charge in [0.1, 0.15) is 5.69 Å². The van der Waals surface area contributed by atoms with Crippen LogP contribution in [0.15, 0.2) is 42.6 Å². The van der Waals surface area contributed by atoms with Crippen molar-refractivity contribution in [3.8, 4) is 0 Å². The molecule has 0 radical (unpaired) electrons. The number of fused-ring (bicyclic) bond motifs is 1. The van der Waals surface area contributed by atoms with Gasteiger partial charge in [0.05, 0.1) is 5.52 Å². The number of hydrogen-bond acceptors (Lipinski definition) is 2. The van der Waals surface area contributed by atoms with Crippen LogP contribution in [-0.4, -0.2) is 20.7 Å². The zero-order chi connectivity index (χ0) is 13.5. The average Bonchev–Trinajstić information content (AvgIpc) is 3.06. The molecule has 100 valence electrons. The summed E-state index contributed by atoms with van der Waals surface area (Å²) in [6.07, 6.45) is 4.27. The summed E-state index contributed by atoms with van der Waals surface area (Å²) < 4.78 is 2.05. The summed E-state index contributed by atoms with van der Waals surface area (Å²) >= 11 is 0. The van der Waals surface area contributed by atoms with Crippen LogP contribution >= 0.6 is 0 Å². The van der Waals surface area contributed by atoms with Gasteiger partial charge in [-0.1, -0.05) is 12.1 Å². The minimum absolute atomic E-state index is 0.112. The fraction of sp³-hybridized carbons (Fsp3) is 0.200. The summed E-state index contributed by atoms with van der Waals surface area (Å²) in [4.78, 5) is 12.4. The molecule has 20 heavy (non-hydrogen) atoms. The van der Waals surface area contributed by atoms with Crippen molar-refractivity contribution in [3.05, 3.63) is 48.3 Å². The molecule has 5 heteroatoms. The van der Waals surface area contributed by atoms with E-state index in [1.807, 2.05) is 47.2 Å². The zero-order valence-electron chi connectivity index (χ0n) is 10.8. The summed E-state index contributed by atoms with van der Waals surface area (Å²) in [6, 6.07) is 12.0. The smallest absolute Gasteiger partial charge is 0.273 e. The fourth-order valence-corrected chi connectivity index (χ4v) is 2.49. The number of H-pyrrole nitrogens is 1. The van der Waals surface area contributed by atoms with E-state index in [-0.39, 0.29) is 5.91 Å². The van der Waals surface area contributed by atoms with Gasteiger partial charge in [0.25, 0.3) is 5.91 Å². The second-order valence-electron chi connectivity index (χ2n) is 5.10. The molecule has 1 saturated carbocycles. The zero-order valence-corrected chi connectivity index (χ0v) is 10.8. The molecule has 1 fully saturated rings. The quantitative estimate of drug-likeness (QED) is 0.765. The average molecular weight is 266 g/mol. The van der Waals surface area contributed by atoms with Crippen LogP contribution < -0.4 is 5.32 Å². The molecule has 4 rings (SSSR count). The van der Waals surface area contributed by atoms with Crippen molar-refractivity contribution in [3.63, 3.8) is 0 Å². The van der Waals surface area contributed by atoms with E-state index in [0.29, 0.717) is 17.6 Å². The highest BCUT2D eigenvalue weighted by molar-refractivity contribution is 6.07. The summed E-state index contributed by atoms with van der Waals surface area (Å²) in [6.45, 7) is 0. The monoisotopic (exact) mass is 266 g/mol. The van der Waals surface area contributed by atoms with Gasteiger partial charge < -0.3 is 9.88 Å². The van der Waals surface area contributed by atoms with Crippen molar-refractivity contribution in [2.45, 2.75) is 18.9 Å². The van der Waals surface area contributed by atoms with Gasteiger partial charge in [-0.25, -0.2) is 0 Å². The normalized spacial score (nSPS) is 14.6. The summed E-state index contributed by atoms with van der Waals surface area (Å²) in [5, 5.41) is 10.9. The maximum Gasteiger partial charge on any atom is 0.273 e. The van der Waals surface area contributed by atoms with E-state index in [1.54, 1.807) is 0 Å². The van der Waals surface area contributed by atoms with Crippen LogP contribution in [0.1, 0.15) is 29.4 Å². The first-order chi connectivity index (χ1) is 9.83. The fourth-order valence-electron chi connectivity index (χ4n) is 2.49. The Morgan fingerprint density at radius 3 is 2.95 bits per heavy atom. The topological polar surface area (TPSA) is 62.7 Å². The largest absolute Gasteiger partial charge is 0.340 e. The molecule has 1 amide bonds. The van der Waals surface area contributed by atoms with Crippen LogP contribution in [0, 0.1) is 0 Å². The summed E-state index contributed by atoms with van der Waals surface area (Å²) in [5.41, 5.74) is 1.61. The molecular weight excluding hydrogens is 252 g/mol. The molecule has 0 spiro atoms. The number of benzene rings is 1. The van der Waals surface area contributed by atoms with Crippen molar-refractivity contribution < 1.29 is 4.79 Å². The predicted molar refractivity (Wildman–Crippen MR) is 76.7 cm³/mol. The lowest BCUT2D eigenvalue weighted by atomic mass is 10.2. The Kier molecular flexibility index (Phi) is 2.39. The van der Waals surface area contributed by atoms with Crippen LogP contribution in [0.5, 0.6) is 0 Å². The van der Waals surface area contributed by atoms with E-state index in [9.17, 15) is 4.79 Å². The van der Waals surface area contributed by atoms with E-state index in [0.717, 1.165) is 23.7 Å². The number of amides is 1. The van der Waals surface area contributed by atoms with E-state index < -0.39 is 0 Å². The number of aromatic amines is 1. The Morgan fingerprint density at radius 1 is 1.25 bits per heavy atom. The van der Waals surface area contributed by atoms with Crippen molar-refractivity contribution in [2.75, 3.05) is 5.32 Å². The summed E-state index contributed by atoms with van der Waals surface area (Å²) in [5.74, 6) is 0.466. The molecule has 1 aromatic carbocycles. The molecule has 0 aliphatic heterocycles. The van der Waals surface area contributed by atoms with Gasteiger partial charge in [0.2, 0.25) is 0 Å². The third-order valence-electron chi connectivity index (χ3n) is 3.65. The lowest BCUT2D eigenvalue weighted by Crippen LogP contribution is -2.16. The van der Waals surface area contributed by atoms with Gasteiger partial charge in [-0.15, -0.1) is 0 Å². The van der Waals surface area contributed by atoms with Crippen molar-refractivity contribution in [1.82, 2.24) is 14.8 Å². The number of rotatable bonds is 3. The molecule has 2 aromatic heterocycles. The van der Waals surface area contributed by atoms with E-state index in [4.69, 9.17) is 0 Å². The van der Waals surface area contributed by atoms with Gasteiger partial charge >= 0.3 is 0 Å². The molecule has 2 N–H and O–H groups in total. The maximum atomic E-state index is 12.4. The molecule has 5 nitrogen and oxygen atoms in total. The van der Waals surface area contributed by atoms with E-state index in [1.165, 1.54) is 0 Å². The minimum atomic E-state index is -0.112. The molecule has 1 aliphatic rings. The van der Waals surface area contributed by atoms with E-state index >= 15 is 0 Å². The van der Waals surface area contributed by atoms with Gasteiger partial charge in [-0.05, 0) is 37.1 Å². The Morgan fingerprint density at radius 2 is 2.10 bits per heavy atom. The van der Waals surface area contributed by atoms with Gasteiger partial charge in [-0.2, -0.15) is 5.10 Å². The number of nitrogens with one attached hydrogen (secondary N) is 2. The molecule has 0 saturated heterocycles. The van der Waals surface area contributed by atoms with Gasteiger partial charge in [-0.3, -0.25) is 9.89 Å². The number of carbonyl (C=O) groups is 1. The molecule has 1 aliphatic carbocycles. The highest BCUT2D eigenvalue weighted by atomic mass is 16.2.